The molecule has 5 heteroatoms. The lowest BCUT2D eigenvalue weighted by Crippen LogP contribution is -2.11. The Morgan fingerprint density at radius 3 is 3.09 bits per heavy atom. The van der Waals surface area contributed by atoms with Crippen molar-refractivity contribution >= 4 is 5.82 Å². The van der Waals surface area contributed by atoms with Gasteiger partial charge in [0.1, 0.15) is 5.82 Å². The number of aromatic amines is 1. The second kappa shape index (κ2) is 3.16. The zero-order chi connectivity index (χ0) is 8.27. The molecule has 11 heavy (non-hydrogen) atoms. The largest absolute Gasteiger partial charge is 0.310 e. The smallest absolute Gasteiger partial charge is 0.253 e. The number of nitrogens with one attached hydrogen (secondary N) is 2. The van der Waals surface area contributed by atoms with E-state index in [4.69, 9.17) is 5.21 Å². The van der Waals surface area contributed by atoms with Gasteiger partial charge >= 0.3 is 0 Å². The monoisotopic (exact) mass is 155 g/mol. The van der Waals surface area contributed by atoms with E-state index in [9.17, 15) is 4.79 Å². The average molecular weight is 155 g/mol. The van der Waals surface area contributed by atoms with Gasteiger partial charge in [-0.2, -0.15) is 0 Å². The summed E-state index contributed by atoms with van der Waals surface area (Å²) >= 11 is 0. The maximum absolute atomic E-state index is 10.8. The first kappa shape index (κ1) is 7.74. The van der Waals surface area contributed by atoms with Crippen molar-refractivity contribution in [2.45, 2.75) is 13.3 Å². The quantitative estimate of drug-likeness (QED) is 0.530. The normalized spacial score (nSPS) is 9.64. The van der Waals surface area contributed by atoms with Crippen LogP contribution < -0.4 is 11.0 Å². The van der Waals surface area contributed by atoms with Crippen molar-refractivity contribution in [1.82, 2.24) is 9.97 Å². The third-order valence-electron chi connectivity index (χ3n) is 1.24. The Bertz CT molecular complexity index is 269. The second-order valence-electron chi connectivity index (χ2n) is 2.04. The average Bonchev–Trinajstić information content (AvgIpc) is 2.03. The van der Waals surface area contributed by atoms with E-state index in [0.717, 1.165) is 0 Å². The van der Waals surface area contributed by atoms with Gasteiger partial charge in [-0.3, -0.25) is 15.5 Å². The van der Waals surface area contributed by atoms with Crippen LogP contribution in [-0.4, -0.2) is 15.2 Å². The fourth-order valence-electron chi connectivity index (χ4n) is 0.733. The molecule has 0 saturated heterocycles. The minimum Gasteiger partial charge on any atom is -0.310 e. The van der Waals surface area contributed by atoms with E-state index < -0.39 is 0 Å². The highest BCUT2D eigenvalue weighted by Crippen LogP contribution is 1.96. The number of rotatable bonds is 2. The number of aromatic nitrogens is 2. The first-order valence-electron chi connectivity index (χ1n) is 3.26. The Labute approximate surface area is 63.1 Å². The first-order valence-corrected chi connectivity index (χ1v) is 3.26. The summed E-state index contributed by atoms with van der Waals surface area (Å²) in [6.45, 7) is 1.86. The molecule has 0 atom stereocenters. The lowest BCUT2D eigenvalue weighted by atomic mass is 10.4. The molecule has 0 saturated carbocycles. The molecule has 5 nitrogen and oxygen atoms in total. The summed E-state index contributed by atoms with van der Waals surface area (Å²) in [5, 5.41) is 8.42. The van der Waals surface area contributed by atoms with E-state index in [1.807, 2.05) is 12.4 Å². The van der Waals surface area contributed by atoms with E-state index in [2.05, 4.69) is 9.97 Å². The van der Waals surface area contributed by atoms with Crippen molar-refractivity contribution in [2.24, 2.45) is 0 Å². The Kier molecular flexibility index (Phi) is 2.22. The number of H-pyrrole nitrogens is 1. The number of hydrogen-bond donors (Lipinski definition) is 3. The summed E-state index contributed by atoms with van der Waals surface area (Å²) in [7, 11) is 0. The summed E-state index contributed by atoms with van der Waals surface area (Å²) in [5.41, 5.74) is 1.54. The summed E-state index contributed by atoms with van der Waals surface area (Å²) in [4.78, 5) is 17.2. The standard InChI is InChI=1S/C6H9N3O2/c1-2-4-7-5(9-11)3-6(10)8-4/h3,11H,2H2,1H3,(H2,7,8,9,10). The molecule has 0 unspecified atom stereocenters. The van der Waals surface area contributed by atoms with Gasteiger partial charge < -0.3 is 4.98 Å². The van der Waals surface area contributed by atoms with Crippen LogP contribution in [0.15, 0.2) is 10.9 Å². The fourth-order valence-corrected chi connectivity index (χ4v) is 0.733. The molecule has 1 aromatic heterocycles. The highest BCUT2D eigenvalue weighted by molar-refractivity contribution is 5.29. The molecule has 0 bridgehead atoms. The van der Waals surface area contributed by atoms with Crippen molar-refractivity contribution in [3.63, 3.8) is 0 Å². The van der Waals surface area contributed by atoms with Gasteiger partial charge in [-0.15, -0.1) is 0 Å². The molecule has 0 aliphatic carbocycles. The number of aryl methyl sites for hydroxylation is 1. The molecule has 60 valence electrons. The molecular weight excluding hydrogens is 146 g/mol. The Morgan fingerprint density at radius 1 is 1.82 bits per heavy atom. The number of nitrogens with zero attached hydrogens (tertiary/aromatic N) is 1. The summed E-state index contributed by atoms with van der Waals surface area (Å²) in [6, 6.07) is 1.18. The molecular formula is C6H9N3O2. The predicted octanol–water partition coefficient (Wildman–Crippen LogP) is 0.133. The molecule has 1 aromatic rings. The second-order valence-corrected chi connectivity index (χ2v) is 2.04. The number of anilines is 1. The van der Waals surface area contributed by atoms with Crippen molar-refractivity contribution < 1.29 is 5.21 Å². The third kappa shape index (κ3) is 1.78. The molecule has 3 N–H and O–H groups in total. The Balaban J connectivity index is 3.12. The maximum Gasteiger partial charge on any atom is 0.253 e. The van der Waals surface area contributed by atoms with E-state index in [1.165, 1.54) is 6.07 Å². The molecule has 0 spiro atoms. The highest BCUT2D eigenvalue weighted by Gasteiger charge is 1.96. The van der Waals surface area contributed by atoms with Crippen LogP contribution in [0.5, 0.6) is 0 Å². The highest BCUT2D eigenvalue weighted by atomic mass is 16.5. The van der Waals surface area contributed by atoms with Gasteiger partial charge in [0.25, 0.3) is 5.56 Å². The van der Waals surface area contributed by atoms with Crippen LogP contribution >= 0.6 is 0 Å². The van der Waals surface area contributed by atoms with E-state index in [1.54, 1.807) is 0 Å². The molecule has 0 aliphatic rings. The van der Waals surface area contributed by atoms with Crippen molar-refractivity contribution in [1.29, 1.82) is 0 Å². The van der Waals surface area contributed by atoms with Crippen LogP contribution in [-0.2, 0) is 6.42 Å². The third-order valence-corrected chi connectivity index (χ3v) is 1.24. The van der Waals surface area contributed by atoms with Gasteiger partial charge in [0.2, 0.25) is 0 Å². The lowest BCUT2D eigenvalue weighted by molar-refractivity contribution is 0.385. The van der Waals surface area contributed by atoms with Crippen LogP contribution in [0.1, 0.15) is 12.7 Å². The lowest BCUT2D eigenvalue weighted by Gasteiger charge is -1.98. The molecule has 0 aliphatic heterocycles. The van der Waals surface area contributed by atoms with Gasteiger partial charge in [-0.1, -0.05) is 6.92 Å². The predicted molar refractivity (Wildman–Crippen MR) is 39.6 cm³/mol. The van der Waals surface area contributed by atoms with Gasteiger partial charge in [0, 0.05) is 12.5 Å². The maximum atomic E-state index is 10.8. The summed E-state index contributed by atoms with van der Waals surface area (Å²) in [5.74, 6) is 0.722. The van der Waals surface area contributed by atoms with E-state index in [-0.39, 0.29) is 11.4 Å². The molecule has 1 rings (SSSR count). The Morgan fingerprint density at radius 2 is 2.55 bits per heavy atom. The zero-order valence-corrected chi connectivity index (χ0v) is 6.09. The fraction of sp³-hybridized carbons (Fsp3) is 0.333. The van der Waals surface area contributed by atoms with E-state index in [0.29, 0.717) is 12.2 Å². The van der Waals surface area contributed by atoms with Crippen LogP contribution in [0.25, 0.3) is 0 Å². The SMILES string of the molecule is CCc1nc(NO)cc(=O)[nH]1. The van der Waals surface area contributed by atoms with Crippen LogP contribution in [0, 0.1) is 0 Å². The number of hydrogen-bond acceptors (Lipinski definition) is 4. The van der Waals surface area contributed by atoms with Gasteiger partial charge in [0.05, 0.1) is 0 Å². The molecule has 0 amide bonds. The molecule has 0 radical (unpaired) electrons. The Hall–Kier alpha value is -1.36. The van der Waals surface area contributed by atoms with Crippen molar-refractivity contribution in [2.75, 3.05) is 5.48 Å². The van der Waals surface area contributed by atoms with Crippen LogP contribution in [0.3, 0.4) is 0 Å². The van der Waals surface area contributed by atoms with Crippen molar-refractivity contribution in [3.05, 3.63) is 22.2 Å². The van der Waals surface area contributed by atoms with Gasteiger partial charge in [-0.25, -0.2) is 4.98 Å². The molecule has 1 heterocycles. The van der Waals surface area contributed by atoms with Crippen molar-refractivity contribution in [3.8, 4) is 0 Å². The summed E-state index contributed by atoms with van der Waals surface area (Å²) in [6.07, 6.45) is 0.630. The topological polar surface area (TPSA) is 78.0 Å². The minimum absolute atomic E-state index is 0.172. The summed E-state index contributed by atoms with van der Waals surface area (Å²) < 4.78 is 0. The van der Waals surface area contributed by atoms with Crippen LogP contribution in [0.4, 0.5) is 5.82 Å². The first-order chi connectivity index (χ1) is 5.26. The molecule has 0 aromatic carbocycles. The van der Waals surface area contributed by atoms with E-state index >= 15 is 0 Å². The minimum atomic E-state index is -0.270. The zero-order valence-electron chi connectivity index (χ0n) is 6.09. The molecule has 0 fully saturated rings. The van der Waals surface area contributed by atoms with Gasteiger partial charge in [-0.05, 0) is 0 Å². The van der Waals surface area contributed by atoms with Crippen LogP contribution in [0.2, 0.25) is 0 Å². The van der Waals surface area contributed by atoms with Gasteiger partial charge in [0.15, 0.2) is 5.82 Å².